The number of para-hydroxylation sites is 1. The Hall–Kier alpha value is -2.73. The molecule has 0 aliphatic carbocycles. The van der Waals surface area contributed by atoms with Gasteiger partial charge in [-0.15, -0.1) is 0 Å². The SMILES string of the molecule is CN1CC[C@@H](CNC(=O)c2cccc3cn[nH]c23)[C@@H]1c1cccnc1. The van der Waals surface area contributed by atoms with Crippen molar-refractivity contribution in [3.8, 4) is 0 Å². The largest absolute Gasteiger partial charge is 0.352 e. The van der Waals surface area contributed by atoms with Gasteiger partial charge in [0.05, 0.1) is 17.3 Å². The minimum absolute atomic E-state index is 0.0608. The number of nitrogens with one attached hydrogen (secondary N) is 2. The molecule has 2 aromatic heterocycles. The van der Waals surface area contributed by atoms with Crippen LogP contribution < -0.4 is 5.32 Å². The molecule has 1 aliphatic rings. The minimum atomic E-state index is -0.0608. The maximum Gasteiger partial charge on any atom is 0.253 e. The second-order valence-electron chi connectivity index (χ2n) is 6.61. The predicted molar refractivity (Wildman–Crippen MR) is 96.1 cm³/mol. The zero-order valence-corrected chi connectivity index (χ0v) is 14.1. The number of H-pyrrole nitrogens is 1. The number of hydrogen-bond donors (Lipinski definition) is 2. The lowest BCUT2D eigenvalue weighted by molar-refractivity contribution is 0.0945. The van der Waals surface area contributed by atoms with Crippen LogP contribution in [0, 0.1) is 5.92 Å². The van der Waals surface area contributed by atoms with Gasteiger partial charge in [-0.3, -0.25) is 19.8 Å². The Labute approximate surface area is 146 Å². The molecule has 6 heteroatoms. The molecule has 128 valence electrons. The second-order valence-corrected chi connectivity index (χ2v) is 6.61. The maximum atomic E-state index is 12.7. The number of carbonyl (C=O) groups is 1. The number of fused-ring (bicyclic) bond motifs is 1. The van der Waals surface area contributed by atoms with Crippen LogP contribution in [-0.4, -0.2) is 46.1 Å². The molecular weight excluding hydrogens is 314 g/mol. The van der Waals surface area contributed by atoms with Crippen LogP contribution in [0.25, 0.3) is 10.9 Å². The summed E-state index contributed by atoms with van der Waals surface area (Å²) in [6.07, 6.45) is 6.51. The summed E-state index contributed by atoms with van der Waals surface area (Å²) < 4.78 is 0. The summed E-state index contributed by atoms with van der Waals surface area (Å²) in [6, 6.07) is 10.0. The normalized spacial score (nSPS) is 20.8. The Balaban J connectivity index is 1.49. The van der Waals surface area contributed by atoms with Crippen molar-refractivity contribution in [1.82, 2.24) is 25.4 Å². The predicted octanol–water partition coefficient (Wildman–Crippen LogP) is 2.38. The number of aromatic nitrogens is 3. The van der Waals surface area contributed by atoms with E-state index in [1.165, 1.54) is 5.56 Å². The summed E-state index contributed by atoms with van der Waals surface area (Å²) in [6.45, 7) is 1.67. The lowest BCUT2D eigenvalue weighted by Gasteiger charge is -2.25. The number of benzene rings is 1. The van der Waals surface area contributed by atoms with Crippen molar-refractivity contribution in [3.05, 3.63) is 60.0 Å². The number of pyridine rings is 1. The summed E-state index contributed by atoms with van der Waals surface area (Å²) in [5.74, 6) is 0.313. The third kappa shape index (κ3) is 3.00. The third-order valence-electron chi connectivity index (χ3n) is 5.05. The molecule has 1 amide bonds. The van der Waals surface area contributed by atoms with Gasteiger partial charge in [-0.05, 0) is 43.6 Å². The molecule has 6 nitrogen and oxygen atoms in total. The average molecular weight is 335 g/mol. The summed E-state index contributed by atoms with van der Waals surface area (Å²) in [5.41, 5.74) is 2.63. The zero-order chi connectivity index (χ0) is 17.2. The van der Waals surface area contributed by atoms with Crippen LogP contribution in [-0.2, 0) is 0 Å². The van der Waals surface area contributed by atoms with Crippen LogP contribution in [0.3, 0.4) is 0 Å². The molecule has 1 fully saturated rings. The molecule has 3 aromatic rings. The Morgan fingerprint density at radius 1 is 1.32 bits per heavy atom. The van der Waals surface area contributed by atoms with Crippen LogP contribution in [0.1, 0.15) is 28.4 Å². The van der Waals surface area contributed by atoms with Gasteiger partial charge in [0.15, 0.2) is 0 Å². The summed E-state index contributed by atoms with van der Waals surface area (Å²) in [5, 5.41) is 11.0. The van der Waals surface area contributed by atoms with E-state index >= 15 is 0 Å². The highest BCUT2D eigenvalue weighted by atomic mass is 16.1. The van der Waals surface area contributed by atoms with E-state index in [9.17, 15) is 4.79 Å². The van der Waals surface area contributed by atoms with Crippen LogP contribution in [0.4, 0.5) is 0 Å². The third-order valence-corrected chi connectivity index (χ3v) is 5.05. The van der Waals surface area contributed by atoms with Crippen molar-refractivity contribution in [1.29, 1.82) is 0 Å². The summed E-state index contributed by atoms with van der Waals surface area (Å²) in [7, 11) is 2.13. The molecule has 1 aromatic carbocycles. The Bertz CT molecular complexity index is 876. The Morgan fingerprint density at radius 3 is 3.08 bits per heavy atom. The van der Waals surface area contributed by atoms with Gasteiger partial charge in [-0.2, -0.15) is 5.10 Å². The maximum absolute atomic E-state index is 12.7. The first-order valence-electron chi connectivity index (χ1n) is 8.54. The van der Waals surface area contributed by atoms with Gasteiger partial charge in [0, 0.05) is 30.4 Å². The van der Waals surface area contributed by atoms with Gasteiger partial charge < -0.3 is 5.32 Å². The molecule has 0 bridgehead atoms. The number of nitrogens with zero attached hydrogens (tertiary/aromatic N) is 3. The van der Waals surface area contributed by atoms with E-state index < -0.39 is 0 Å². The first-order chi connectivity index (χ1) is 12.2. The summed E-state index contributed by atoms with van der Waals surface area (Å²) in [4.78, 5) is 19.2. The highest BCUT2D eigenvalue weighted by Gasteiger charge is 2.33. The molecule has 1 aliphatic heterocycles. The van der Waals surface area contributed by atoms with Crippen molar-refractivity contribution >= 4 is 16.8 Å². The monoisotopic (exact) mass is 335 g/mol. The highest BCUT2D eigenvalue weighted by molar-refractivity contribution is 6.05. The first-order valence-corrected chi connectivity index (χ1v) is 8.54. The van der Waals surface area contributed by atoms with Crippen molar-refractivity contribution in [2.24, 2.45) is 5.92 Å². The molecule has 0 saturated carbocycles. The Kier molecular flexibility index (Phi) is 4.19. The number of likely N-dealkylation sites (tertiary alicyclic amines) is 1. The smallest absolute Gasteiger partial charge is 0.253 e. The van der Waals surface area contributed by atoms with Crippen LogP contribution in [0.15, 0.2) is 48.9 Å². The molecule has 4 rings (SSSR count). The van der Waals surface area contributed by atoms with E-state index in [2.05, 4.69) is 38.5 Å². The van der Waals surface area contributed by atoms with E-state index in [0.29, 0.717) is 18.0 Å². The number of hydrogen-bond acceptors (Lipinski definition) is 4. The van der Waals surface area contributed by atoms with Crippen molar-refractivity contribution < 1.29 is 4.79 Å². The highest BCUT2D eigenvalue weighted by Crippen LogP contribution is 2.35. The lowest BCUT2D eigenvalue weighted by Crippen LogP contribution is -2.32. The Morgan fingerprint density at radius 2 is 2.24 bits per heavy atom. The fourth-order valence-corrected chi connectivity index (χ4v) is 3.79. The van der Waals surface area contributed by atoms with Gasteiger partial charge in [0.2, 0.25) is 0 Å². The molecule has 0 unspecified atom stereocenters. The fourth-order valence-electron chi connectivity index (χ4n) is 3.79. The van der Waals surface area contributed by atoms with Crippen molar-refractivity contribution in [3.63, 3.8) is 0 Å². The topological polar surface area (TPSA) is 73.9 Å². The number of rotatable bonds is 4. The molecular formula is C19H21N5O. The average Bonchev–Trinajstić information content (AvgIpc) is 3.26. The second kappa shape index (κ2) is 6.64. The van der Waals surface area contributed by atoms with Gasteiger partial charge in [-0.25, -0.2) is 0 Å². The van der Waals surface area contributed by atoms with Crippen LogP contribution in [0.5, 0.6) is 0 Å². The van der Waals surface area contributed by atoms with E-state index in [1.54, 1.807) is 12.4 Å². The number of aromatic amines is 1. The standard InChI is InChI=1S/C19H21N5O/c1-24-9-7-15(18(24)14-5-3-8-20-10-14)11-21-19(25)16-6-2-4-13-12-22-23-17(13)16/h2-6,8,10,12,15,18H,7,9,11H2,1H3,(H,21,25)(H,22,23)/t15-,18-/m0/s1. The summed E-state index contributed by atoms with van der Waals surface area (Å²) >= 11 is 0. The molecule has 0 radical (unpaired) electrons. The molecule has 25 heavy (non-hydrogen) atoms. The van der Waals surface area contributed by atoms with Gasteiger partial charge in [0.25, 0.3) is 5.91 Å². The molecule has 2 N–H and O–H groups in total. The van der Waals surface area contributed by atoms with E-state index in [-0.39, 0.29) is 11.9 Å². The van der Waals surface area contributed by atoms with Crippen LogP contribution >= 0.6 is 0 Å². The minimum Gasteiger partial charge on any atom is -0.352 e. The van der Waals surface area contributed by atoms with Crippen molar-refractivity contribution in [2.75, 3.05) is 20.1 Å². The number of amides is 1. The van der Waals surface area contributed by atoms with E-state index in [4.69, 9.17) is 0 Å². The quantitative estimate of drug-likeness (QED) is 0.768. The molecule has 2 atom stereocenters. The zero-order valence-electron chi connectivity index (χ0n) is 14.1. The molecule has 3 heterocycles. The molecule has 0 spiro atoms. The van der Waals surface area contributed by atoms with Gasteiger partial charge >= 0.3 is 0 Å². The van der Waals surface area contributed by atoms with E-state index in [1.807, 2.05) is 30.5 Å². The fraction of sp³-hybridized carbons (Fsp3) is 0.316. The van der Waals surface area contributed by atoms with Gasteiger partial charge in [-0.1, -0.05) is 18.2 Å². The van der Waals surface area contributed by atoms with Crippen molar-refractivity contribution in [2.45, 2.75) is 12.5 Å². The number of carbonyl (C=O) groups excluding carboxylic acids is 1. The van der Waals surface area contributed by atoms with Crippen LogP contribution in [0.2, 0.25) is 0 Å². The lowest BCUT2D eigenvalue weighted by atomic mass is 9.94. The first kappa shape index (κ1) is 15.8. The van der Waals surface area contributed by atoms with E-state index in [0.717, 1.165) is 23.9 Å². The molecule has 1 saturated heterocycles. The van der Waals surface area contributed by atoms with Gasteiger partial charge in [0.1, 0.15) is 0 Å².